The predicted molar refractivity (Wildman–Crippen MR) is 226 cm³/mol. The molecule has 50 heavy (non-hydrogen) atoms. The van der Waals surface area contributed by atoms with Crippen LogP contribution in [0.25, 0.3) is 0 Å². The Labute approximate surface area is 330 Å². The smallest absolute Gasteiger partial charge is 0.0739 e. The summed E-state index contributed by atoms with van der Waals surface area (Å²) in [5, 5.41) is 0. The number of rotatable bonds is 46. The van der Waals surface area contributed by atoms with Crippen molar-refractivity contribution in [2.24, 2.45) is 0 Å². The maximum atomic E-state index is 3.94. The molecule has 0 bridgehead atoms. The number of unbranched alkanes of at least 4 members (excludes halogenated alkanes) is 45. The van der Waals surface area contributed by atoms with Gasteiger partial charge >= 0.3 is 0 Å². The molecule has 0 fully saturated rings. The lowest BCUT2D eigenvalue weighted by molar-refractivity contribution is -0.368. The summed E-state index contributed by atoms with van der Waals surface area (Å²) < 4.78 is 0. The number of hydrogen-bond acceptors (Lipinski definition) is 0. The Kier molecular flexibility index (Phi) is 54.2. The molecular weight excluding hydrogens is 670 g/mol. The summed E-state index contributed by atoms with van der Waals surface area (Å²) in [4.78, 5) is 0. The lowest BCUT2D eigenvalue weighted by Gasteiger charge is -2.05. The normalized spacial score (nSPS) is 11.4. The zero-order chi connectivity index (χ0) is 35.2. The first-order chi connectivity index (χ1) is 24.4. The molecule has 0 amide bonds. The summed E-state index contributed by atoms with van der Waals surface area (Å²) in [5.41, 5.74) is 3.94. The Bertz CT molecular complexity index is 490. The van der Waals surface area contributed by atoms with E-state index in [2.05, 4.69) is 12.7 Å². The molecule has 0 heterocycles. The zero-order valence-electron chi connectivity index (χ0n) is 35.3. The third kappa shape index (κ3) is 50.5. The van der Waals surface area contributed by atoms with E-state index < -0.39 is 0 Å². The molecule has 0 spiro atoms. The van der Waals surface area contributed by atoms with Crippen LogP contribution in [0.1, 0.15) is 302 Å². The zero-order valence-corrected chi connectivity index (χ0v) is 36.9. The average Bonchev–Trinajstić information content (AvgIpc) is 3.11. The van der Waals surface area contributed by atoms with E-state index in [1.807, 2.05) is 0 Å². The highest BCUT2D eigenvalue weighted by Gasteiger charge is 1.98. The van der Waals surface area contributed by atoms with Crippen molar-refractivity contribution in [3.05, 3.63) is 0 Å². The number of halogens is 1. The summed E-state index contributed by atoms with van der Waals surface area (Å²) >= 11 is 0. The topological polar surface area (TPSA) is 27.6 Å². The minimum absolute atomic E-state index is 0. The van der Waals surface area contributed by atoms with Gasteiger partial charge in [0.25, 0.3) is 0 Å². The molecule has 0 atom stereocenters. The molecule has 0 aliphatic rings. The summed E-state index contributed by atoms with van der Waals surface area (Å²) in [6.07, 6.45) is 68.1. The van der Waals surface area contributed by atoms with Crippen LogP contribution in [0.2, 0.25) is 0 Å². The van der Waals surface area contributed by atoms with Gasteiger partial charge in [-0.05, 0) is 12.8 Å². The molecule has 0 aromatic rings. The minimum Gasteiger partial charge on any atom is -1.00 e. The molecule has 0 aromatic heterocycles. The van der Waals surface area contributed by atoms with E-state index in [0.29, 0.717) is 0 Å². The second kappa shape index (κ2) is 51.5. The first kappa shape index (κ1) is 52.5. The Morgan fingerprint density at radius 3 is 0.380 bits per heavy atom. The van der Waals surface area contributed by atoms with Crippen LogP contribution >= 0.6 is 0 Å². The van der Waals surface area contributed by atoms with Crippen LogP contribution in [-0.4, -0.2) is 6.54 Å². The van der Waals surface area contributed by atoms with Crippen molar-refractivity contribution < 1.29 is 22.7 Å². The molecule has 0 radical (unpaired) electrons. The highest BCUT2D eigenvalue weighted by Crippen LogP contribution is 2.18. The summed E-state index contributed by atoms with van der Waals surface area (Å²) in [7, 11) is 0. The molecule has 304 valence electrons. The molecular formula is C48H100BrN. The molecule has 0 aromatic carbocycles. The van der Waals surface area contributed by atoms with Crippen LogP contribution in [0.15, 0.2) is 0 Å². The molecule has 0 unspecified atom stereocenters. The molecule has 0 saturated carbocycles. The van der Waals surface area contributed by atoms with Gasteiger partial charge in [-0.15, -0.1) is 0 Å². The Balaban J connectivity index is 0. The van der Waals surface area contributed by atoms with Crippen LogP contribution in [-0.2, 0) is 0 Å². The van der Waals surface area contributed by atoms with E-state index in [-0.39, 0.29) is 17.0 Å². The van der Waals surface area contributed by atoms with Crippen LogP contribution in [0.4, 0.5) is 0 Å². The lowest BCUT2D eigenvalue weighted by Crippen LogP contribution is -3.00. The number of quaternary nitrogens is 1. The fourth-order valence-corrected chi connectivity index (χ4v) is 8.03. The molecule has 2 heteroatoms. The summed E-state index contributed by atoms with van der Waals surface area (Å²) in [6, 6.07) is 0. The summed E-state index contributed by atoms with van der Waals surface area (Å²) in [6.45, 7) is 3.44. The van der Waals surface area contributed by atoms with E-state index in [0.717, 1.165) is 6.54 Å². The standard InChI is InChI=1S/C48H99N.BrH/c1-2-3-4-5-6-7-8-9-10-11-12-13-14-15-16-17-18-19-20-21-22-23-24-25-26-27-28-29-30-31-32-33-34-35-36-37-38-39-40-41-42-43-44-45-46-47-48-49;/h2-49H2,1H3;1H. The third-order valence-electron chi connectivity index (χ3n) is 11.6. The molecule has 0 rings (SSSR count). The van der Waals surface area contributed by atoms with Gasteiger partial charge in [0.05, 0.1) is 6.54 Å². The van der Waals surface area contributed by atoms with Crippen molar-refractivity contribution >= 4 is 0 Å². The van der Waals surface area contributed by atoms with Crippen LogP contribution < -0.4 is 22.7 Å². The van der Waals surface area contributed by atoms with Crippen molar-refractivity contribution in [2.75, 3.05) is 6.54 Å². The lowest BCUT2D eigenvalue weighted by atomic mass is 10.0. The van der Waals surface area contributed by atoms with Gasteiger partial charge in [-0.2, -0.15) is 0 Å². The van der Waals surface area contributed by atoms with Crippen molar-refractivity contribution in [1.29, 1.82) is 0 Å². The van der Waals surface area contributed by atoms with E-state index in [9.17, 15) is 0 Å². The van der Waals surface area contributed by atoms with E-state index in [1.165, 1.54) is 295 Å². The maximum Gasteiger partial charge on any atom is 0.0739 e. The first-order valence-electron chi connectivity index (χ1n) is 24.2. The maximum absolute atomic E-state index is 3.94. The predicted octanol–water partition coefficient (Wildman–Crippen LogP) is 14.2. The van der Waals surface area contributed by atoms with Gasteiger partial charge in [0.2, 0.25) is 0 Å². The molecule has 0 saturated heterocycles. The van der Waals surface area contributed by atoms with E-state index >= 15 is 0 Å². The molecule has 3 N–H and O–H groups in total. The van der Waals surface area contributed by atoms with Crippen LogP contribution in [0.5, 0.6) is 0 Å². The van der Waals surface area contributed by atoms with Crippen LogP contribution in [0.3, 0.4) is 0 Å². The monoisotopic (exact) mass is 770 g/mol. The third-order valence-corrected chi connectivity index (χ3v) is 11.6. The van der Waals surface area contributed by atoms with E-state index in [4.69, 9.17) is 0 Å². The highest BCUT2D eigenvalue weighted by molar-refractivity contribution is 4.54. The number of hydrogen-bond donors (Lipinski definition) is 1. The second-order valence-electron chi connectivity index (χ2n) is 16.8. The highest BCUT2D eigenvalue weighted by atomic mass is 79.9. The molecule has 1 nitrogen and oxygen atoms in total. The van der Waals surface area contributed by atoms with Gasteiger partial charge in [-0.25, -0.2) is 0 Å². The summed E-state index contributed by atoms with van der Waals surface area (Å²) in [5.74, 6) is 0. The van der Waals surface area contributed by atoms with Gasteiger partial charge in [0, 0.05) is 0 Å². The van der Waals surface area contributed by atoms with Crippen molar-refractivity contribution in [1.82, 2.24) is 0 Å². The fourth-order valence-electron chi connectivity index (χ4n) is 8.03. The van der Waals surface area contributed by atoms with Crippen molar-refractivity contribution in [3.63, 3.8) is 0 Å². The molecule has 0 aliphatic heterocycles. The molecule has 0 aliphatic carbocycles. The largest absolute Gasteiger partial charge is 1.00 e. The Hall–Kier alpha value is 0.440. The second-order valence-corrected chi connectivity index (χ2v) is 16.8. The van der Waals surface area contributed by atoms with Crippen molar-refractivity contribution in [3.8, 4) is 0 Å². The SMILES string of the molecule is CCCCCCCCCCCCCCCCCCCCCCCCCCCCCCCCCCCCCCCCCCCCCCCC[NH3+].[Br-]. The van der Waals surface area contributed by atoms with Gasteiger partial charge in [0.15, 0.2) is 0 Å². The van der Waals surface area contributed by atoms with Gasteiger partial charge in [-0.1, -0.05) is 289 Å². The van der Waals surface area contributed by atoms with Crippen LogP contribution in [0, 0.1) is 0 Å². The Morgan fingerprint density at radius 2 is 0.280 bits per heavy atom. The minimum atomic E-state index is 0. The Morgan fingerprint density at radius 1 is 0.180 bits per heavy atom. The quantitative estimate of drug-likeness (QED) is 0.0597. The van der Waals surface area contributed by atoms with Crippen molar-refractivity contribution in [2.45, 2.75) is 302 Å². The fraction of sp³-hybridized carbons (Fsp3) is 1.00. The first-order valence-corrected chi connectivity index (χ1v) is 24.2. The van der Waals surface area contributed by atoms with Gasteiger partial charge in [0.1, 0.15) is 0 Å². The average molecular weight is 771 g/mol. The van der Waals surface area contributed by atoms with Gasteiger partial charge < -0.3 is 22.7 Å². The van der Waals surface area contributed by atoms with E-state index in [1.54, 1.807) is 0 Å². The van der Waals surface area contributed by atoms with Gasteiger partial charge in [-0.3, -0.25) is 0 Å².